The molecule has 0 saturated heterocycles. The van der Waals surface area contributed by atoms with E-state index in [0.29, 0.717) is 11.3 Å². The first kappa shape index (κ1) is 22.3. The molecule has 1 N–H and O–H groups in total. The highest BCUT2D eigenvalue weighted by Gasteiger charge is 2.11. The molecule has 7 nitrogen and oxygen atoms in total. The number of carbonyl (C=O) groups is 3. The van der Waals surface area contributed by atoms with E-state index in [4.69, 9.17) is 14.2 Å². The zero-order valence-corrected chi connectivity index (χ0v) is 17.3. The molecule has 0 radical (unpaired) electrons. The van der Waals surface area contributed by atoms with Crippen LogP contribution < -0.4 is 10.1 Å². The van der Waals surface area contributed by atoms with Crippen LogP contribution in [-0.4, -0.2) is 43.4 Å². The van der Waals surface area contributed by atoms with Crippen molar-refractivity contribution < 1.29 is 28.6 Å². The number of esters is 2. The van der Waals surface area contributed by atoms with E-state index >= 15 is 0 Å². The highest BCUT2D eigenvalue weighted by molar-refractivity contribution is 8.00. The van der Waals surface area contributed by atoms with E-state index in [-0.39, 0.29) is 18.5 Å². The molecule has 0 unspecified atom stereocenters. The topological polar surface area (TPSA) is 90.9 Å². The molecule has 0 heterocycles. The van der Waals surface area contributed by atoms with Crippen LogP contribution in [0.25, 0.3) is 0 Å². The van der Waals surface area contributed by atoms with Crippen LogP contribution in [-0.2, 0) is 19.1 Å². The third kappa shape index (κ3) is 7.87. The number of ether oxygens (including phenoxy) is 3. The molecule has 29 heavy (non-hydrogen) atoms. The van der Waals surface area contributed by atoms with Gasteiger partial charge in [-0.05, 0) is 62.4 Å². The number of thioether (sulfide) groups is 1. The standard InChI is InChI=1S/C21H23NO6S/c1-14(2)28-21(25)15-4-6-16(7-5-15)22-19(23)12-27-20(24)13-29-18-10-8-17(26-3)9-11-18/h4-11,14H,12-13H2,1-3H3,(H,22,23). The number of amides is 1. The Kier molecular flexibility index (Phi) is 8.54. The second-order valence-electron chi connectivity index (χ2n) is 6.20. The van der Waals surface area contributed by atoms with Gasteiger partial charge in [0, 0.05) is 10.6 Å². The average Bonchev–Trinajstić information content (AvgIpc) is 2.71. The Balaban J connectivity index is 1.73. The summed E-state index contributed by atoms with van der Waals surface area (Å²) in [5.74, 6) is -0.565. The van der Waals surface area contributed by atoms with Gasteiger partial charge in [0.25, 0.3) is 5.91 Å². The molecular formula is C21H23NO6S. The lowest BCUT2D eigenvalue weighted by molar-refractivity contribution is -0.144. The first-order valence-electron chi connectivity index (χ1n) is 8.90. The van der Waals surface area contributed by atoms with Crippen LogP contribution in [0, 0.1) is 0 Å². The van der Waals surface area contributed by atoms with E-state index in [1.165, 1.54) is 11.8 Å². The van der Waals surface area contributed by atoms with Crippen LogP contribution in [0.5, 0.6) is 5.75 Å². The molecule has 0 fully saturated rings. The molecule has 154 valence electrons. The van der Waals surface area contributed by atoms with E-state index in [1.54, 1.807) is 57.4 Å². The molecule has 0 bridgehead atoms. The second kappa shape index (κ2) is 11.1. The number of hydrogen-bond donors (Lipinski definition) is 1. The summed E-state index contributed by atoms with van der Waals surface area (Å²) in [6.07, 6.45) is -0.209. The lowest BCUT2D eigenvalue weighted by Crippen LogP contribution is -2.21. The Morgan fingerprint density at radius 3 is 2.24 bits per heavy atom. The fraction of sp³-hybridized carbons (Fsp3) is 0.286. The molecule has 0 aliphatic carbocycles. The number of carbonyl (C=O) groups excluding carboxylic acids is 3. The minimum absolute atomic E-state index is 0.0896. The van der Waals surface area contributed by atoms with Gasteiger partial charge in [0.1, 0.15) is 5.75 Å². The number of anilines is 1. The lowest BCUT2D eigenvalue weighted by atomic mass is 10.2. The maximum atomic E-state index is 11.9. The van der Waals surface area contributed by atoms with Gasteiger partial charge in [-0.1, -0.05) is 0 Å². The fourth-order valence-corrected chi connectivity index (χ4v) is 2.87. The van der Waals surface area contributed by atoms with Crippen molar-refractivity contribution in [1.29, 1.82) is 0 Å². The third-order valence-electron chi connectivity index (χ3n) is 3.53. The molecule has 8 heteroatoms. The molecule has 0 saturated carbocycles. The summed E-state index contributed by atoms with van der Waals surface area (Å²) in [5, 5.41) is 2.60. The van der Waals surface area contributed by atoms with Crippen molar-refractivity contribution in [3.63, 3.8) is 0 Å². The molecule has 2 rings (SSSR count). The summed E-state index contributed by atoms with van der Waals surface area (Å²) in [6, 6.07) is 13.5. The maximum absolute atomic E-state index is 11.9. The first-order valence-corrected chi connectivity index (χ1v) is 9.89. The van der Waals surface area contributed by atoms with Gasteiger partial charge in [-0.2, -0.15) is 0 Å². The third-order valence-corrected chi connectivity index (χ3v) is 4.51. The summed E-state index contributed by atoms with van der Waals surface area (Å²) in [4.78, 5) is 36.4. The van der Waals surface area contributed by atoms with Crippen molar-refractivity contribution >= 4 is 35.3 Å². The number of benzene rings is 2. The Morgan fingerprint density at radius 1 is 1.00 bits per heavy atom. The largest absolute Gasteiger partial charge is 0.497 e. The summed E-state index contributed by atoms with van der Waals surface area (Å²) in [5.41, 5.74) is 0.874. The SMILES string of the molecule is COc1ccc(SCC(=O)OCC(=O)Nc2ccc(C(=O)OC(C)C)cc2)cc1. The van der Waals surface area contributed by atoms with Crippen LogP contribution in [0.1, 0.15) is 24.2 Å². The number of methoxy groups -OCH3 is 1. The lowest BCUT2D eigenvalue weighted by Gasteiger charge is -2.09. The maximum Gasteiger partial charge on any atom is 0.338 e. The smallest absolute Gasteiger partial charge is 0.338 e. The highest BCUT2D eigenvalue weighted by atomic mass is 32.2. The van der Waals surface area contributed by atoms with Crippen LogP contribution in [0.2, 0.25) is 0 Å². The summed E-state index contributed by atoms with van der Waals surface area (Å²) >= 11 is 1.31. The molecule has 0 aromatic heterocycles. The molecule has 2 aromatic carbocycles. The molecule has 0 spiro atoms. The quantitative estimate of drug-likeness (QED) is 0.493. The van der Waals surface area contributed by atoms with Crippen LogP contribution >= 0.6 is 11.8 Å². The van der Waals surface area contributed by atoms with Crippen molar-refractivity contribution in [2.75, 3.05) is 24.8 Å². The van der Waals surface area contributed by atoms with Gasteiger partial charge in [-0.3, -0.25) is 9.59 Å². The van der Waals surface area contributed by atoms with Gasteiger partial charge < -0.3 is 19.5 Å². The minimum Gasteiger partial charge on any atom is -0.497 e. The summed E-state index contributed by atoms with van der Waals surface area (Å²) in [6.45, 7) is 3.14. The second-order valence-corrected chi connectivity index (χ2v) is 7.25. The van der Waals surface area contributed by atoms with E-state index in [2.05, 4.69) is 5.32 Å². The van der Waals surface area contributed by atoms with E-state index in [0.717, 1.165) is 10.6 Å². The first-order chi connectivity index (χ1) is 13.9. The molecule has 0 aliphatic heterocycles. The van der Waals surface area contributed by atoms with Crippen molar-refractivity contribution in [2.45, 2.75) is 24.8 Å². The molecular weight excluding hydrogens is 394 g/mol. The number of nitrogens with one attached hydrogen (secondary N) is 1. The van der Waals surface area contributed by atoms with E-state index < -0.39 is 17.8 Å². The minimum atomic E-state index is -0.493. The molecule has 2 aromatic rings. The Labute approximate surface area is 173 Å². The Hall–Kier alpha value is -3.00. The average molecular weight is 417 g/mol. The van der Waals surface area contributed by atoms with Crippen molar-refractivity contribution in [1.82, 2.24) is 0 Å². The monoisotopic (exact) mass is 417 g/mol. The normalized spacial score (nSPS) is 10.3. The van der Waals surface area contributed by atoms with Gasteiger partial charge >= 0.3 is 11.9 Å². The van der Waals surface area contributed by atoms with E-state index in [9.17, 15) is 14.4 Å². The van der Waals surface area contributed by atoms with Crippen molar-refractivity contribution in [3.8, 4) is 5.75 Å². The fourth-order valence-electron chi connectivity index (χ4n) is 2.17. The van der Waals surface area contributed by atoms with Crippen LogP contribution in [0.15, 0.2) is 53.4 Å². The van der Waals surface area contributed by atoms with Crippen LogP contribution in [0.4, 0.5) is 5.69 Å². The van der Waals surface area contributed by atoms with Gasteiger partial charge in [0.05, 0.1) is 24.5 Å². The van der Waals surface area contributed by atoms with Gasteiger partial charge in [-0.25, -0.2) is 4.79 Å². The summed E-state index contributed by atoms with van der Waals surface area (Å²) in [7, 11) is 1.58. The van der Waals surface area contributed by atoms with Crippen molar-refractivity contribution in [3.05, 3.63) is 54.1 Å². The van der Waals surface area contributed by atoms with Gasteiger partial charge in [-0.15, -0.1) is 11.8 Å². The number of rotatable bonds is 9. The van der Waals surface area contributed by atoms with Crippen LogP contribution in [0.3, 0.4) is 0 Å². The zero-order valence-electron chi connectivity index (χ0n) is 16.5. The summed E-state index contributed by atoms with van der Waals surface area (Å²) < 4.78 is 15.1. The van der Waals surface area contributed by atoms with Gasteiger partial charge in [0.2, 0.25) is 0 Å². The predicted molar refractivity (Wildman–Crippen MR) is 110 cm³/mol. The van der Waals surface area contributed by atoms with E-state index in [1.807, 2.05) is 12.1 Å². The Morgan fingerprint density at radius 2 is 1.66 bits per heavy atom. The predicted octanol–water partition coefficient (Wildman–Crippen LogP) is 3.53. The molecule has 0 atom stereocenters. The number of hydrogen-bond acceptors (Lipinski definition) is 7. The van der Waals surface area contributed by atoms with Gasteiger partial charge in [0.15, 0.2) is 6.61 Å². The zero-order chi connectivity index (χ0) is 21.2. The molecule has 0 aliphatic rings. The Bertz CT molecular complexity index is 833. The van der Waals surface area contributed by atoms with Crippen molar-refractivity contribution in [2.24, 2.45) is 0 Å². The molecule has 1 amide bonds. The highest BCUT2D eigenvalue weighted by Crippen LogP contribution is 2.21.